The van der Waals surface area contributed by atoms with Crippen LogP contribution in [0.4, 0.5) is 4.39 Å². The molecule has 1 aromatic carbocycles. The first kappa shape index (κ1) is 16.8. The molecule has 0 heterocycles. The topological polar surface area (TPSA) is 20.3 Å². The number of hydrogen-bond acceptors (Lipinski definition) is 2. The van der Waals surface area contributed by atoms with Crippen LogP contribution in [-0.2, 0) is 0 Å². The van der Waals surface area contributed by atoms with Crippen LogP contribution in [-0.4, -0.2) is 29.8 Å². The molecule has 0 spiro atoms. The van der Waals surface area contributed by atoms with E-state index in [9.17, 15) is 9.18 Å². The standard InChI is InChI=1S/C17H26FNO/c1-5-14(6-2)12-19(7-3)13(4)17(20)15-8-10-16(18)11-9-15/h8-11,13-14H,5-7,12H2,1-4H3. The van der Waals surface area contributed by atoms with Crippen LogP contribution in [0, 0.1) is 11.7 Å². The molecule has 1 aromatic rings. The van der Waals surface area contributed by atoms with E-state index in [-0.39, 0.29) is 17.6 Å². The van der Waals surface area contributed by atoms with Gasteiger partial charge in [-0.1, -0.05) is 33.6 Å². The Kier molecular flexibility index (Phi) is 6.86. The average molecular weight is 279 g/mol. The van der Waals surface area contributed by atoms with Gasteiger partial charge in [-0.25, -0.2) is 4.39 Å². The summed E-state index contributed by atoms with van der Waals surface area (Å²) in [6.07, 6.45) is 2.26. The van der Waals surface area contributed by atoms with Gasteiger partial charge in [0, 0.05) is 12.1 Å². The monoisotopic (exact) mass is 279 g/mol. The largest absolute Gasteiger partial charge is 0.294 e. The van der Waals surface area contributed by atoms with Gasteiger partial charge in [0.1, 0.15) is 5.82 Å². The lowest BCUT2D eigenvalue weighted by Crippen LogP contribution is -2.41. The van der Waals surface area contributed by atoms with E-state index in [1.54, 1.807) is 12.1 Å². The molecule has 0 fully saturated rings. The summed E-state index contributed by atoms with van der Waals surface area (Å²) in [7, 11) is 0. The molecule has 0 bridgehead atoms. The fourth-order valence-electron chi connectivity index (χ4n) is 2.46. The highest BCUT2D eigenvalue weighted by Crippen LogP contribution is 2.15. The number of halogens is 1. The SMILES string of the molecule is CCC(CC)CN(CC)C(C)C(=O)c1ccc(F)cc1. The van der Waals surface area contributed by atoms with Gasteiger partial charge in [0.25, 0.3) is 0 Å². The number of hydrogen-bond donors (Lipinski definition) is 0. The molecule has 112 valence electrons. The number of likely N-dealkylation sites (N-methyl/N-ethyl adjacent to an activating group) is 1. The van der Waals surface area contributed by atoms with E-state index >= 15 is 0 Å². The van der Waals surface area contributed by atoms with Crippen molar-refractivity contribution < 1.29 is 9.18 Å². The highest BCUT2D eigenvalue weighted by Gasteiger charge is 2.23. The number of Topliss-reactive ketones (excluding diaryl/α,β-unsaturated/α-hetero) is 1. The van der Waals surface area contributed by atoms with Gasteiger partial charge in [-0.05, 0) is 43.7 Å². The third kappa shape index (κ3) is 4.41. The van der Waals surface area contributed by atoms with E-state index in [1.165, 1.54) is 12.1 Å². The van der Waals surface area contributed by atoms with Crippen LogP contribution in [0.1, 0.15) is 50.9 Å². The lowest BCUT2D eigenvalue weighted by atomic mass is 9.99. The third-order valence-corrected chi connectivity index (χ3v) is 4.11. The molecular formula is C17H26FNO. The van der Waals surface area contributed by atoms with Crippen LogP contribution >= 0.6 is 0 Å². The first-order valence-electron chi connectivity index (χ1n) is 7.57. The Balaban J connectivity index is 2.77. The van der Waals surface area contributed by atoms with Crippen molar-refractivity contribution in [3.8, 4) is 0 Å². The second-order valence-electron chi connectivity index (χ2n) is 5.32. The predicted octanol–water partition coefficient (Wildman–Crippen LogP) is 4.16. The molecule has 0 aliphatic heterocycles. The Morgan fingerprint density at radius 1 is 1.15 bits per heavy atom. The summed E-state index contributed by atoms with van der Waals surface area (Å²) in [5.74, 6) is 0.384. The summed E-state index contributed by atoms with van der Waals surface area (Å²) in [5, 5.41) is 0. The van der Waals surface area contributed by atoms with Gasteiger partial charge in [-0.3, -0.25) is 9.69 Å². The van der Waals surface area contributed by atoms with E-state index in [1.807, 2.05) is 6.92 Å². The number of nitrogens with zero attached hydrogens (tertiary/aromatic N) is 1. The van der Waals surface area contributed by atoms with E-state index in [4.69, 9.17) is 0 Å². The molecule has 1 unspecified atom stereocenters. The highest BCUT2D eigenvalue weighted by molar-refractivity contribution is 5.99. The summed E-state index contributed by atoms with van der Waals surface area (Å²) in [4.78, 5) is 14.7. The molecule has 0 saturated heterocycles. The minimum absolute atomic E-state index is 0.0674. The van der Waals surface area contributed by atoms with Gasteiger partial charge in [-0.2, -0.15) is 0 Å². The predicted molar refractivity (Wildman–Crippen MR) is 81.5 cm³/mol. The molecule has 0 aliphatic carbocycles. The Morgan fingerprint density at radius 2 is 1.70 bits per heavy atom. The van der Waals surface area contributed by atoms with Crippen molar-refractivity contribution in [2.75, 3.05) is 13.1 Å². The van der Waals surface area contributed by atoms with Crippen LogP contribution in [0.5, 0.6) is 0 Å². The second kappa shape index (κ2) is 8.15. The lowest BCUT2D eigenvalue weighted by molar-refractivity contribution is 0.0819. The Morgan fingerprint density at radius 3 is 2.15 bits per heavy atom. The van der Waals surface area contributed by atoms with E-state index in [0.29, 0.717) is 11.5 Å². The molecule has 3 heteroatoms. The fourth-order valence-corrected chi connectivity index (χ4v) is 2.46. The number of benzene rings is 1. The summed E-state index contributed by atoms with van der Waals surface area (Å²) >= 11 is 0. The first-order chi connectivity index (χ1) is 9.53. The maximum absolute atomic E-state index is 12.9. The normalized spacial score (nSPS) is 12.9. The first-order valence-corrected chi connectivity index (χ1v) is 7.57. The molecule has 1 rings (SSSR count). The minimum Gasteiger partial charge on any atom is -0.294 e. The smallest absolute Gasteiger partial charge is 0.179 e. The van der Waals surface area contributed by atoms with E-state index in [0.717, 1.165) is 25.9 Å². The van der Waals surface area contributed by atoms with Crippen LogP contribution in [0.25, 0.3) is 0 Å². The van der Waals surface area contributed by atoms with Crippen molar-refractivity contribution in [1.29, 1.82) is 0 Å². The number of rotatable bonds is 8. The summed E-state index contributed by atoms with van der Waals surface area (Å²) in [5.41, 5.74) is 0.585. The zero-order chi connectivity index (χ0) is 15.1. The quantitative estimate of drug-likeness (QED) is 0.666. The van der Waals surface area contributed by atoms with Gasteiger partial charge in [0.05, 0.1) is 6.04 Å². The van der Waals surface area contributed by atoms with Gasteiger partial charge in [0.2, 0.25) is 0 Å². The number of carbonyl (C=O) groups excluding carboxylic acids is 1. The molecule has 0 aliphatic rings. The van der Waals surface area contributed by atoms with Crippen molar-refractivity contribution >= 4 is 5.78 Å². The van der Waals surface area contributed by atoms with Gasteiger partial charge in [0.15, 0.2) is 5.78 Å². The van der Waals surface area contributed by atoms with Crippen molar-refractivity contribution in [3.63, 3.8) is 0 Å². The fraction of sp³-hybridized carbons (Fsp3) is 0.588. The molecule has 0 amide bonds. The van der Waals surface area contributed by atoms with Gasteiger partial charge < -0.3 is 0 Å². The summed E-state index contributed by atoms with van der Waals surface area (Å²) in [6.45, 7) is 10.2. The van der Waals surface area contributed by atoms with Crippen molar-refractivity contribution in [2.45, 2.75) is 46.6 Å². The molecule has 2 nitrogen and oxygen atoms in total. The van der Waals surface area contributed by atoms with Gasteiger partial charge >= 0.3 is 0 Å². The molecule has 0 aromatic heterocycles. The van der Waals surface area contributed by atoms with Crippen molar-refractivity contribution in [1.82, 2.24) is 4.90 Å². The Bertz CT molecular complexity index is 412. The highest BCUT2D eigenvalue weighted by atomic mass is 19.1. The molecular weight excluding hydrogens is 253 g/mol. The lowest BCUT2D eigenvalue weighted by Gasteiger charge is -2.30. The average Bonchev–Trinajstić information content (AvgIpc) is 2.48. The number of ketones is 1. The molecule has 0 radical (unpaired) electrons. The summed E-state index contributed by atoms with van der Waals surface area (Å²) < 4.78 is 12.9. The van der Waals surface area contributed by atoms with Crippen LogP contribution in [0.15, 0.2) is 24.3 Å². The van der Waals surface area contributed by atoms with Crippen molar-refractivity contribution in [3.05, 3.63) is 35.6 Å². The molecule has 0 saturated carbocycles. The molecule has 0 N–H and O–H groups in total. The minimum atomic E-state index is -0.307. The van der Waals surface area contributed by atoms with Crippen LogP contribution in [0.2, 0.25) is 0 Å². The summed E-state index contributed by atoms with van der Waals surface area (Å²) in [6, 6.07) is 5.66. The zero-order valence-electron chi connectivity index (χ0n) is 13.0. The van der Waals surface area contributed by atoms with E-state index in [2.05, 4.69) is 25.7 Å². The Labute approximate surface area is 122 Å². The van der Waals surface area contributed by atoms with Gasteiger partial charge in [-0.15, -0.1) is 0 Å². The number of carbonyl (C=O) groups is 1. The van der Waals surface area contributed by atoms with Crippen LogP contribution in [0.3, 0.4) is 0 Å². The van der Waals surface area contributed by atoms with Crippen LogP contribution < -0.4 is 0 Å². The molecule has 20 heavy (non-hydrogen) atoms. The maximum atomic E-state index is 12.9. The zero-order valence-corrected chi connectivity index (χ0v) is 13.0. The Hall–Kier alpha value is -1.22. The maximum Gasteiger partial charge on any atom is 0.179 e. The van der Waals surface area contributed by atoms with Crippen molar-refractivity contribution in [2.24, 2.45) is 5.92 Å². The molecule has 1 atom stereocenters. The second-order valence-corrected chi connectivity index (χ2v) is 5.32. The van der Waals surface area contributed by atoms with E-state index < -0.39 is 0 Å². The third-order valence-electron chi connectivity index (χ3n) is 4.11.